The van der Waals surface area contributed by atoms with Crippen LogP contribution in [0.5, 0.6) is 17.4 Å². The normalized spacial score (nSPS) is 11.6. The monoisotopic (exact) mass is 438 g/mol. The molecule has 0 aliphatic carbocycles. The summed E-state index contributed by atoms with van der Waals surface area (Å²) in [6, 6.07) is 11.1. The van der Waals surface area contributed by atoms with Crippen molar-refractivity contribution < 1.29 is 19.4 Å². The second kappa shape index (κ2) is 10.2. The Morgan fingerprint density at radius 3 is 2.38 bits per heavy atom. The van der Waals surface area contributed by atoms with E-state index in [0.717, 1.165) is 34.4 Å². The van der Waals surface area contributed by atoms with Crippen LogP contribution in [0.1, 0.15) is 32.3 Å². The number of hydrogen-bond donors (Lipinski definition) is 3. The number of aromatic amines is 1. The molecule has 0 saturated carbocycles. The van der Waals surface area contributed by atoms with Crippen molar-refractivity contribution in [1.29, 1.82) is 0 Å². The number of ether oxygens (including phenoxy) is 2. The van der Waals surface area contributed by atoms with Gasteiger partial charge in [0, 0.05) is 30.6 Å². The molecule has 8 nitrogen and oxygen atoms in total. The van der Waals surface area contributed by atoms with Crippen molar-refractivity contribution in [2.45, 2.75) is 26.7 Å². The number of carbonyl (C=O) groups is 1. The molecule has 2 aromatic carbocycles. The van der Waals surface area contributed by atoms with Crippen molar-refractivity contribution in [2.24, 2.45) is 10.7 Å². The predicted molar refractivity (Wildman–Crippen MR) is 128 cm³/mol. The second-order valence-corrected chi connectivity index (χ2v) is 7.34. The largest absolute Gasteiger partial charge is 0.494 e. The molecule has 1 amide bonds. The third-order valence-electron chi connectivity index (χ3n) is 5.30. The van der Waals surface area contributed by atoms with Gasteiger partial charge in [-0.2, -0.15) is 0 Å². The highest BCUT2D eigenvalue weighted by molar-refractivity contribution is 6.14. The highest BCUT2D eigenvalue weighted by atomic mass is 16.5. The first-order chi connectivity index (χ1) is 15.4. The Kier molecular flexibility index (Phi) is 7.37. The number of benzene rings is 2. The van der Waals surface area contributed by atoms with E-state index in [2.05, 4.69) is 4.98 Å². The lowest BCUT2D eigenvalue weighted by atomic mass is 10.1. The van der Waals surface area contributed by atoms with Crippen molar-refractivity contribution in [3.63, 3.8) is 0 Å². The Morgan fingerprint density at radius 1 is 1.16 bits per heavy atom. The van der Waals surface area contributed by atoms with Gasteiger partial charge in [0.15, 0.2) is 17.4 Å². The minimum atomic E-state index is -0.0305. The first-order valence-corrected chi connectivity index (χ1v) is 10.6. The summed E-state index contributed by atoms with van der Waals surface area (Å²) in [6.07, 6.45) is 1.33. The summed E-state index contributed by atoms with van der Waals surface area (Å²) < 4.78 is 10.8. The fourth-order valence-corrected chi connectivity index (χ4v) is 3.69. The van der Waals surface area contributed by atoms with E-state index >= 15 is 0 Å². The number of nitrogens with two attached hydrogens (primary N) is 1. The quantitative estimate of drug-likeness (QED) is 0.435. The third kappa shape index (κ3) is 4.70. The first-order valence-electron chi connectivity index (χ1n) is 10.6. The Balaban J connectivity index is 2.00. The number of methoxy groups -OCH3 is 2. The summed E-state index contributed by atoms with van der Waals surface area (Å²) in [5.41, 5.74) is 9.19. The Bertz CT molecular complexity index is 1120. The standard InChI is InChI=1S/C24H30N4O4/c1-5-19(23-18-13-21(31-3)22(32-4)14-20(18)27-24(23)30)26-16-7-9-17(10-8-16)28(15(2)29)12-6-11-25/h7-10,13-14,27,30H,5-6,11-12,25H2,1-4H3. The molecule has 0 aliphatic rings. The van der Waals surface area contributed by atoms with Crippen LogP contribution in [0.25, 0.3) is 10.9 Å². The number of rotatable bonds is 9. The highest BCUT2D eigenvalue weighted by Crippen LogP contribution is 2.37. The van der Waals surface area contributed by atoms with Gasteiger partial charge in [-0.3, -0.25) is 9.79 Å². The maximum Gasteiger partial charge on any atom is 0.223 e. The number of fused-ring (bicyclic) bond motifs is 1. The average Bonchev–Trinajstić information content (AvgIpc) is 3.11. The van der Waals surface area contributed by atoms with Gasteiger partial charge in [-0.05, 0) is 49.7 Å². The lowest BCUT2D eigenvalue weighted by molar-refractivity contribution is -0.116. The van der Waals surface area contributed by atoms with Crippen LogP contribution in [0.4, 0.5) is 11.4 Å². The summed E-state index contributed by atoms with van der Waals surface area (Å²) >= 11 is 0. The predicted octanol–water partition coefficient (Wildman–Crippen LogP) is 4.12. The summed E-state index contributed by atoms with van der Waals surface area (Å²) in [4.78, 5) is 21.5. The highest BCUT2D eigenvalue weighted by Gasteiger charge is 2.19. The SMILES string of the molecule is CCC(=Nc1ccc(N(CCCN)C(C)=O)cc1)c1c(O)[nH]c2cc(OC)c(OC)cc12. The fourth-order valence-electron chi connectivity index (χ4n) is 3.69. The number of amides is 1. The smallest absolute Gasteiger partial charge is 0.223 e. The van der Waals surface area contributed by atoms with E-state index in [9.17, 15) is 9.90 Å². The number of nitrogens with one attached hydrogen (secondary N) is 1. The molecule has 4 N–H and O–H groups in total. The van der Waals surface area contributed by atoms with E-state index in [1.165, 1.54) is 0 Å². The van der Waals surface area contributed by atoms with Crippen LogP contribution < -0.4 is 20.1 Å². The number of nitrogens with zero attached hydrogens (tertiary/aromatic N) is 2. The van der Waals surface area contributed by atoms with Crippen LogP contribution in [0.2, 0.25) is 0 Å². The first kappa shape index (κ1) is 23.1. The van der Waals surface area contributed by atoms with Crippen LogP contribution >= 0.6 is 0 Å². The van der Waals surface area contributed by atoms with Crippen LogP contribution in [-0.4, -0.2) is 49.0 Å². The van der Waals surface area contributed by atoms with Crippen molar-refractivity contribution in [1.82, 2.24) is 4.98 Å². The summed E-state index contributed by atoms with van der Waals surface area (Å²) in [7, 11) is 3.14. The molecule has 0 fully saturated rings. The van der Waals surface area contributed by atoms with Crippen LogP contribution in [0.3, 0.4) is 0 Å². The van der Waals surface area contributed by atoms with Crippen molar-refractivity contribution >= 4 is 33.9 Å². The number of hydrogen-bond acceptors (Lipinski definition) is 6. The lowest BCUT2D eigenvalue weighted by Crippen LogP contribution is -2.30. The van der Waals surface area contributed by atoms with E-state index in [4.69, 9.17) is 20.2 Å². The van der Waals surface area contributed by atoms with Crippen molar-refractivity contribution in [2.75, 3.05) is 32.2 Å². The average molecular weight is 439 g/mol. The molecule has 0 bridgehead atoms. The van der Waals surface area contributed by atoms with E-state index < -0.39 is 0 Å². The summed E-state index contributed by atoms with van der Waals surface area (Å²) in [5, 5.41) is 11.4. The number of aromatic hydroxyl groups is 1. The number of aromatic nitrogens is 1. The van der Waals surface area contributed by atoms with Gasteiger partial charge in [0.05, 0.1) is 36.7 Å². The molecule has 1 heterocycles. The molecule has 3 rings (SSSR count). The molecule has 8 heteroatoms. The molecule has 0 spiro atoms. The van der Waals surface area contributed by atoms with Gasteiger partial charge in [0.1, 0.15) is 0 Å². The molecular weight excluding hydrogens is 408 g/mol. The molecule has 0 radical (unpaired) electrons. The van der Waals surface area contributed by atoms with Gasteiger partial charge in [0.25, 0.3) is 0 Å². The number of anilines is 1. The third-order valence-corrected chi connectivity index (χ3v) is 5.30. The van der Waals surface area contributed by atoms with Gasteiger partial charge in [-0.1, -0.05) is 6.92 Å². The van der Waals surface area contributed by atoms with Gasteiger partial charge in [0.2, 0.25) is 5.91 Å². The fraction of sp³-hybridized carbons (Fsp3) is 0.333. The number of aliphatic imine (C=N–C) groups is 1. The molecule has 3 aromatic rings. The summed E-state index contributed by atoms with van der Waals surface area (Å²) in [6.45, 7) is 4.62. The molecule has 0 atom stereocenters. The van der Waals surface area contributed by atoms with Crippen molar-refractivity contribution in [3.05, 3.63) is 42.0 Å². The van der Waals surface area contributed by atoms with Gasteiger partial charge in [-0.15, -0.1) is 0 Å². The molecule has 0 saturated heterocycles. The molecule has 32 heavy (non-hydrogen) atoms. The molecule has 1 aromatic heterocycles. The molecule has 0 unspecified atom stereocenters. The Hall–Kier alpha value is -3.52. The van der Waals surface area contributed by atoms with Crippen molar-refractivity contribution in [3.8, 4) is 17.4 Å². The number of H-pyrrole nitrogens is 1. The van der Waals surface area contributed by atoms with Gasteiger partial charge < -0.3 is 30.2 Å². The Labute approximate surface area is 187 Å². The Morgan fingerprint density at radius 2 is 1.81 bits per heavy atom. The lowest BCUT2D eigenvalue weighted by Gasteiger charge is -2.21. The van der Waals surface area contributed by atoms with Crippen LogP contribution in [0, 0.1) is 0 Å². The van der Waals surface area contributed by atoms with Crippen LogP contribution in [-0.2, 0) is 4.79 Å². The maximum atomic E-state index is 12.0. The van der Waals surface area contributed by atoms with E-state index in [1.807, 2.05) is 37.3 Å². The minimum absolute atomic E-state index is 0.0305. The zero-order chi connectivity index (χ0) is 23.3. The van der Waals surface area contributed by atoms with E-state index in [1.54, 1.807) is 32.1 Å². The van der Waals surface area contributed by atoms with Gasteiger partial charge in [-0.25, -0.2) is 0 Å². The zero-order valence-electron chi connectivity index (χ0n) is 18.9. The van der Waals surface area contributed by atoms with Gasteiger partial charge >= 0.3 is 0 Å². The summed E-state index contributed by atoms with van der Waals surface area (Å²) in [5.74, 6) is 1.15. The maximum absolute atomic E-state index is 12.0. The van der Waals surface area contributed by atoms with E-state index in [-0.39, 0.29) is 11.8 Å². The molecule has 170 valence electrons. The molecular formula is C24H30N4O4. The van der Waals surface area contributed by atoms with E-state index in [0.29, 0.717) is 36.6 Å². The number of carbonyl (C=O) groups excluding carboxylic acids is 1. The second-order valence-electron chi connectivity index (χ2n) is 7.34. The topological polar surface area (TPSA) is 113 Å². The minimum Gasteiger partial charge on any atom is -0.494 e. The van der Waals surface area contributed by atoms with Crippen LogP contribution in [0.15, 0.2) is 41.4 Å². The molecule has 0 aliphatic heterocycles. The zero-order valence-corrected chi connectivity index (χ0v) is 18.9.